The summed E-state index contributed by atoms with van der Waals surface area (Å²) in [5, 5.41) is 12.7. The van der Waals surface area contributed by atoms with Gasteiger partial charge in [-0.15, -0.1) is 10.2 Å². The largest absolute Gasteiger partial charge is 0.349 e. The fourth-order valence-corrected chi connectivity index (χ4v) is 3.74. The van der Waals surface area contributed by atoms with E-state index in [1.807, 2.05) is 37.3 Å². The van der Waals surface area contributed by atoms with Gasteiger partial charge in [0.15, 0.2) is 5.16 Å². The Hall–Kier alpha value is -1.82. The van der Waals surface area contributed by atoms with Crippen LogP contribution < -0.4 is 5.32 Å². The van der Waals surface area contributed by atoms with Gasteiger partial charge in [-0.25, -0.2) is 0 Å². The summed E-state index contributed by atoms with van der Waals surface area (Å²) in [6.07, 6.45) is 4.88. The van der Waals surface area contributed by atoms with Crippen LogP contribution in [0.25, 0.3) is 0 Å². The summed E-state index contributed by atoms with van der Waals surface area (Å²) in [7, 11) is 0. The second-order valence-corrected chi connectivity index (χ2v) is 7.65. The highest BCUT2D eigenvalue weighted by atomic mass is 32.2. The molecule has 2 saturated carbocycles. The number of hydrogen-bond donors (Lipinski definition) is 1. The molecule has 1 aromatic carbocycles. The summed E-state index contributed by atoms with van der Waals surface area (Å²) in [5.41, 5.74) is 1.12. The molecule has 5 nitrogen and oxygen atoms in total. The van der Waals surface area contributed by atoms with E-state index in [4.69, 9.17) is 0 Å². The van der Waals surface area contributed by atoms with Crippen LogP contribution in [-0.4, -0.2) is 26.4 Å². The molecule has 0 spiro atoms. The van der Waals surface area contributed by atoms with Gasteiger partial charge in [0.2, 0.25) is 5.91 Å². The van der Waals surface area contributed by atoms with E-state index < -0.39 is 0 Å². The number of hydrogen-bond acceptors (Lipinski definition) is 4. The van der Waals surface area contributed by atoms with Crippen molar-refractivity contribution in [2.45, 2.75) is 55.8 Å². The number of nitrogens with zero attached hydrogens (tertiary/aromatic N) is 3. The Morgan fingerprint density at radius 3 is 2.67 bits per heavy atom. The minimum Gasteiger partial charge on any atom is -0.349 e. The van der Waals surface area contributed by atoms with E-state index in [9.17, 15) is 4.79 Å². The Kier molecular flexibility index (Phi) is 4.31. The maximum absolute atomic E-state index is 12.3. The Labute approximate surface area is 146 Å². The summed E-state index contributed by atoms with van der Waals surface area (Å²) in [4.78, 5) is 12.3. The maximum Gasteiger partial charge on any atom is 0.230 e. The molecule has 0 unspecified atom stereocenters. The standard InChI is InChI=1S/C18H22N4OS/c1-12(13-5-3-2-4-6-13)19-16(23)11-24-18-21-20-17(14-7-8-14)22(18)15-9-10-15/h2-6,12,14-15H,7-11H2,1H3,(H,19,23)/t12-/m0/s1. The van der Waals surface area contributed by atoms with E-state index in [0.29, 0.717) is 17.7 Å². The second kappa shape index (κ2) is 6.59. The van der Waals surface area contributed by atoms with E-state index in [1.165, 1.54) is 37.4 Å². The lowest BCUT2D eigenvalue weighted by Gasteiger charge is -2.14. The van der Waals surface area contributed by atoms with Crippen LogP contribution in [0.4, 0.5) is 0 Å². The highest BCUT2D eigenvalue weighted by Gasteiger charge is 2.36. The lowest BCUT2D eigenvalue weighted by atomic mass is 10.1. The number of aromatic nitrogens is 3. The number of amides is 1. The van der Waals surface area contributed by atoms with E-state index in [1.54, 1.807) is 0 Å². The molecule has 0 saturated heterocycles. The molecular weight excluding hydrogens is 320 g/mol. The molecule has 1 aromatic heterocycles. The van der Waals surface area contributed by atoms with Crippen molar-refractivity contribution in [1.29, 1.82) is 0 Å². The van der Waals surface area contributed by atoms with Crippen molar-refractivity contribution in [1.82, 2.24) is 20.1 Å². The fourth-order valence-electron chi connectivity index (χ4n) is 2.92. The molecule has 24 heavy (non-hydrogen) atoms. The molecule has 0 bridgehead atoms. The third-order valence-electron chi connectivity index (χ3n) is 4.55. The monoisotopic (exact) mass is 342 g/mol. The number of thioether (sulfide) groups is 1. The zero-order valence-electron chi connectivity index (χ0n) is 13.8. The minimum atomic E-state index is 0.0163. The van der Waals surface area contributed by atoms with Gasteiger partial charge in [-0.1, -0.05) is 42.1 Å². The SMILES string of the molecule is C[C@H](NC(=O)CSc1nnc(C2CC2)n1C1CC1)c1ccccc1. The van der Waals surface area contributed by atoms with Crippen molar-refractivity contribution in [2.24, 2.45) is 0 Å². The van der Waals surface area contributed by atoms with Crippen LogP contribution in [0.5, 0.6) is 0 Å². The van der Waals surface area contributed by atoms with Crippen molar-refractivity contribution in [3.8, 4) is 0 Å². The van der Waals surface area contributed by atoms with Gasteiger partial charge in [0.1, 0.15) is 5.82 Å². The van der Waals surface area contributed by atoms with Crippen LogP contribution in [0, 0.1) is 0 Å². The predicted octanol–water partition coefficient (Wildman–Crippen LogP) is 3.46. The van der Waals surface area contributed by atoms with Crippen LogP contribution in [0.15, 0.2) is 35.5 Å². The lowest BCUT2D eigenvalue weighted by Crippen LogP contribution is -2.28. The average Bonchev–Trinajstić information content (AvgIpc) is 3.52. The molecule has 0 aliphatic heterocycles. The van der Waals surface area contributed by atoms with Gasteiger partial charge in [-0.3, -0.25) is 4.79 Å². The molecule has 2 fully saturated rings. The van der Waals surface area contributed by atoms with Crippen molar-refractivity contribution < 1.29 is 4.79 Å². The molecule has 2 aliphatic rings. The number of rotatable bonds is 7. The van der Waals surface area contributed by atoms with E-state index in [0.717, 1.165) is 16.5 Å². The number of carbonyl (C=O) groups is 1. The summed E-state index contributed by atoms with van der Waals surface area (Å²) in [6.45, 7) is 2.01. The zero-order chi connectivity index (χ0) is 16.5. The Morgan fingerprint density at radius 2 is 2.00 bits per heavy atom. The molecule has 0 radical (unpaired) electrons. The number of carbonyl (C=O) groups excluding carboxylic acids is 1. The average molecular weight is 342 g/mol. The topological polar surface area (TPSA) is 59.8 Å². The van der Waals surface area contributed by atoms with Gasteiger partial charge in [0.05, 0.1) is 11.8 Å². The quantitative estimate of drug-likeness (QED) is 0.783. The third kappa shape index (κ3) is 3.48. The normalized spacial score (nSPS) is 18.4. The first kappa shape index (κ1) is 15.7. The third-order valence-corrected chi connectivity index (χ3v) is 5.50. The molecule has 2 aliphatic carbocycles. The predicted molar refractivity (Wildman–Crippen MR) is 94.0 cm³/mol. The van der Waals surface area contributed by atoms with Gasteiger partial charge in [0.25, 0.3) is 0 Å². The van der Waals surface area contributed by atoms with Gasteiger partial charge in [0, 0.05) is 12.0 Å². The van der Waals surface area contributed by atoms with Gasteiger partial charge in [-0.05, 0) is 38.2 Å². The minimum absolute atomic E-state index is 0.0163. The maximum atomic E-state index is 12.3. The van der Waals surface area contributed by atoms with E-state index >= 15 is 0 Å². The molecule has 6 heteroatoms. The summed E-state index contributed by atoms with van der Waals surface area (Å²) >= 11 is 1.50. The Bertz CT molecular complexity index is 722. The van der Waals surface area contributed by atoms with Crippen molar-refractivity contribution >= 4 is 17.7 Å². The van der Waals surface area contributed by atoms with Gasteiger partial charge in [-0.2, -0.15) is 0 Å². The van der Waals surface area contributed by atoms with Crippen LogP contribution in [0.1, 0.15) is 62.0 Å². The number of nitrogens with one attached hydrogen (secondary N) is 1. The lowest BCUT2D eigenvalue weighted by molar-refractivity contribution is -0.119. The van der Waals surface area contributed by atoms with Crippen molar-refractivity contribution in [3.05, 3.63) is 41.7 Å². The van der Waals surface area contributed by atoms with Crippen molar-refractivity contribution in [2.75, 3.05) is 5.75 Å². The number of benzene rings is 1. The molecule has 1 atom stereocenters. The van der Waals surface area contributed by atoms with Crippen LogP contribution in [0.3, 0.4) is 0 Å². The molecule has 1 heterocycles. The molecule has 126 valence electrons. The molecular formula is C18H22N4OS. The van der Waals surface area contributed by atoms with Gasteiger partial charge >= 0.3 is 0 Å². The highest BCUT2D eigenvalue weighted by molar-refractivity contribution is 7.99. The molecule has 2 aromatic rings. The molecule has 4 rings (SSSR count). The summed E-state index contributed by atoms with van der Waals surface area (Å²) < 4.78 is 2.29. The van der Waals surface area contributed by atoms with Crippen LogP contribution in [0.2, 0.25) is 0 Å². The molecule has 1 amide bonds. The van der Waals surface area contributed by atoms with Crippen LogP contribution in [-0.2, 0) is 4.79 Å². The van der Waals surface area contributed by atoms with Crippen molar-refractivity contribution in [3.63, 3.8) is 0 Å². The fraction of sp³-hybridized carbons (Fsp3) is 0.500. The first-order chi connectivity index (χ1) is 11.7. The van der Waals surface area contributed by atoms with Gasteiger partial charge < -0.3 is 9.88 Å². The zero-order valence-corrected chi connectivity index (χ0v) is 14.6. The first-order valence-electron chi connectivity index (χ1n) is 8.64. The Balaban J connectivity index is 1.36. The van der Waals surface area contributed by atoms with Crippen LogP contribution >= 0.6 is 11.8 Å². The van der Waals surface area contributed by atoms with E-state index in [-0.39, 0.29) is 11.9 Å². The molecule has 1 N–H and O–H groups in total. The Morgan fingerprint density at radius 1 is 1.25 bits per heavy atom. The smallest absolute Gasteiger partial charge is 0.230 e. The second-order valence-electron chi connectivity index (χ2n) is 6.70. The van der Waals surface area contributed by atoms with E-state index in [2.05, 4.69) is 20.1 Å². The summed E-state index contributed by atoms with van der Waals surface area (Å²) in [5.74, 6) is 2.15. The summed E-state index contributed by atoms with van der Waals surface area (Å²) in [6, 6.07) is 10.6. The first-order valence-corrected chi connectivity index (χ1v) is 9.63. The highest BCUT2D eigenvalue weighted by Crippen LogP contribution is 2.45.